The number of amides is 2. The molecular formula is C24H25N3O3. The molecule has 6 heteroatoms. The van der Waals surface area contributed by atoms with Crippen LogP contribution < -0.4 is 5.49 Å². The Labute approximate surface area is 175 Å². The lowest BCUT2D eigenvalue weighted by Crippen LogP contribution is -2.40. The van der Waals surface area contributed by atoms with E-state index in [4.69, 9.17) is 4.42 Å². The number of furan rings is 1. The number of aryl methyl sites for hydroxylation is 1. The number of carbonyl (C=O) groups excluding carboxylic acids is 2. The van der Waals surface area contributed by atoms with Crippen LogP contribution in [0.3, 0.4) is 0 Å². The highest BCUT2D eigenvalue weighted by Crippen LogP contribution is 2.20. The number of aromatic nitrogens is 1. The van der Waals surface area contributed by atoms with Gasteiger partial charge in [-0.2, -0.15) is 4.99 Å². The topological polar surface area (TPSA) is 67.8 Å². The van der Waals surface area contributed by atoms with Crippen molar-refractivity contribution in [3.05, 3.63) is 89.4 Å². The number of benzene rings is 1. The van der Waals surface area contributed by atoms with Crippen LogP contribution >= 0.6 is 0 Å². The van der Waals surface area contributed by atoms with Crippen molar-refractivity contribution in [2.45, 2.75) is 26.3 Å². The van der Waals surface area contributed by atoms with Gasteiger partial charge in [-0.1, -0.05) is 35.9 Å². The summed E-state index contributed by atoms with van der Waals surface area (Å²) in [6.45, 7) is 3.78. The van der Waals surface area contributed by atoms with E-state index in [-0.39, 0.29) is 17.7 Å². The molecule has 6 nitrogen and oxygen atoms in total. The summed E-state index contributed by atoms with van der Waals surface area (Å²) in [5.41, 5.74) is 3.02. The Balaban J connectivity index is 1.43. The van der Waals surface area contributed by atoms with Crippen molar-refractivity contribution in [1.29, 1.82) is 0 Å². The Bertz CT molecular complexity index is 1070. The largest absolute Gasteiger partial charge is 0.459 e. The van der Waals surface area contributed by atoms with Gasteiger partial charge in [-0.3, -0.25) is 9.59 Å². The fraction of sp³-hybridized carbons (Fsp3) is 0.292. The SMILES string of the molecule is Cc1ccc(Cn2ccccc2=NC(=O)C2CCN(C(=O)c3ccco3)CC2)cc1. The van der Waals surface area contributed by atoms with E-state index in [1.165, 1.54) is 11.8 Å². The van der Waals surface area contributed by atoms with Crippen molar-refractivity contribution in [2.24, 2.45) is 10.9 Å². The molecule has 1 aliphatic heterocycles. The number of rotatable bonds is 4. The number of hydrogen-bond donors (Lipinski definition) is 0. The molecule has 0 N–H and O–H groups in total. The third-order valence-corrected chi connectivity index (χ3v) is 5.48. The molecule has 0 spiro atoms. The molecule has 1 fully saturated rings. The highest BCUT2D eigenvalue weighted by Gasteiger charge is 2.28. The van der Waals surface area contributed by atoms with Crippen LogP contribution in [-0.2, 0) is 11.3 Å². The highest BCUT2D eigenvalue weighted by atomic mass is 16.3. The number of hydrogen-bond acceptors (Lipinski definition) is 3. The summed E-state index contributed by atoms with van der Waals surface area (Å²) in [7, 11) is 0. The van der Waals surface area contributed by atoms with Crippen LogP contribution in [-0.4, -0.2) is 34.4 Å². The first-order valence-corrected chi connectivity index (χ1v) is 10.2. The van der Waals surface area contributed by atoms with Crippen LogP contribution in [0.1, 0.15) is 34.5 Å². The van der Waals surface area contributed by atoms with Gasteiger partial charge >= 0.3 is 0 Å². The fourth-order valence-electron chi connectivity index (χ4n) is 3.68. The Kier molecular flexibility index (Phi) is 5.93. The van der Waals surface area contributed by atoms with Crippen LogP contribution in [0.5, 0.6) is 0 Å². The number of nitrogens with zero attached hydrogens (tertiary/aromatic N) is 3. The highest BCUT2D eigenvalue weighted by molar-refractivity contribution is 5.91. The lowest BCUT2D eigenvalue weighted by molar-refractivity contribution is -0.123. The van der Waals surface area contributed by atoms with Crippen molar-refractivity contribution in [3.8, 4) is 0 Å². The maximum Gasteiger partial charge on any atom is 0.289 e. The molecular weight excluding hydrogens is 378 g/mol. The maximum atomic E-state index is 12.8. The monoisotopic (exact) mass is 403 g/mol. The van der Waals surface area contributed by atoms with E-state index in [1.54, 1.807) is 17.0 Å². The van der Waals surface area contributed by atoms with Gasteiger partial charge in [0.1, 0.15) is 5.49 Å². The minimum Gasteiger partial charge on any atom is -0.459 e. The molecule has 30 heavy (non-hydrogen) atoms. The van der Waals surface area contributed by atoms with Crippen molar-refractivity contribution < 1.29 is 14.0 Å². The molecule has 3 aromatic rings. The molecule has 1 aromatic carbocycles. The molecule has 0 aliphatic carbocycles. The van der Waals surface area contributed by atoms with Gasteiger partial charge in [0, 0.05) is 31.7 Å². The number of likely N-dealkylation sites (tertiary alicyclic amines) is 1. The Hall–Kier alpha value is -3.41. The van der Waals surface area contributed by atoms with Crippen molar-refractivity contribution in [2.75, 3.05) is 13.1 Å². The number of carbonyl (C=O) groups is 2. The van der Waals surface area contributed by atoms with Crippen LogP contribution in [0.25, 0.3) is 0 Å². The summed E-state index contributed by atoms with van der Waals surface area (Å²) >= 11 is 0. The third-order valence-electron chi connectivity index (χ3n) is 5.48. The minimum absolute atomic E-state index is 0.121. The average molecular weight is 403 g/mol. The second kappa shape index (κ2) is 8.95. The fourth-order valence-corrected chi connectivity index (χ4v) is 3.68. The Morgan fingerprint density at radius 3 is 2.50 bits per heavy atom. The lowest BCUT2D eigenvalue weighted by atomic mass is 9.96. The molecule has 0 atom stereocenters. The molecule has 0 unspecified atom stereocenters. The molecule has 4 rings (SSSR count). The van der Waals surface area contributed by atoms with Crippen LogP contribution in [0.15, 0.2) is 76.5 Å². The quantitative estimate of drug-likeness (QED) is 0.670. The second-order valence-electron chi connectivity index (χ2n) is 7.67. The standard InChI is InChI=1S/C24H25N3O3/c1-18-7-9-19(10-8-18)17-27-13-3-2-6-22(27)25-23(28)20-11-14-26(15-12-20)24(29)21-5-4-16-30-21/h2-10,13,16,20H,11-12,14-15,17H2,1H3. The zero-order valence-electron chi connectivity index (χ0n) is 17.0. The van der Waals surface area contributed by atoms with Crippen molar-refractivity contribution in [1.82, 2.24) is 9.47 Å². The van der Waals surface area contributed by atoms with Gasteiger partial charge in [0.15, 0.2) is 5.76 Å². The lowest BCUT2D eigenvalue weighted by Gasteiger charge is -2.29. The molecule has 154 valence electrons. The summed E-state index contributed by atoms with van der Waals surface area (Å²) in [5.74, 6) is -0.0737. The zero-order valence-corrected chi connectivity index (χ0v) is 17.0. The molecule has 0 radical (unpaired) electrons. The zero-order chi connectivity index (χ0) is 20.9. The summed E-state index contributed by atoms with van der Waals surface area (Å²) in [4.78, 5) is 31.4. The molecule has 0 saturated carbocycles. The molecule has 2 amide bonds. The molecule has 0 bridgehead atoms. The summed E-state index contributed by atoms with van der Waals surface area (Å²) in [6, 6.07) is 17.4. The number of piperidine rings is 1. The van der Waals surface area contributed by atoms with Crippen LogP contribution in [0, 0.1) is 12.8 Å². The van der Waals surface area contributed by atoms with E-state index in [0.717, 1.165) is 5.56 Å². The number of pyridine rings is 1. The molecule has 2 aromatic heterocycles. The first-order valence-electron chi connectivity index (χ1n) is 10.2. The van der Waals surface area contributed by atoms with Gasteiger partial charge in [-0.25, -0.2) is 0 Å². The maximum absolute atomic E-state index is 12.8. The first-order chi connectivity index (χ1) is 14.6. The first kappa shape index (κ1) is 19.9. The second-order valence-corrected chi connectivity index (χ2v) is 7.67. The summed E-state index contributed by atoms with van der Waals surface area (Å²) in [5, 5.41) is 0. The third kappa shape index (κ3) is 4.59. The van der Waals surface area contributed by atoms with Gasteiger partial charge in [0.05, 0.1) is 6.26 Å². The summed E-state index contributed by atoms with van der Waals surface area (Å²) < 4.78 is 7.18. The van der Waals surface area contributed by atoms with Gasteiger partial charge in [-0.15, -0.1) is 0 Å². The van der Waals surface area contributed by atoms with E-state index in [1.807, 2.05) is 29.0 Å². The van der Waals surface area contributed by atoms with Crippen LogP contribution in [0.4, 0.5) is 0 Å². The van der Waals surface area contributed by atoms with Crippen molar-refractivity contribution in [3.63, 3.8) is 0 Å². The normalized spacial score (nSPS) is 15.4. The molecule has 1 saturated heterocycles. The molecule has 1 aliphatic rings. The summed E-state index contributed by atoms with van der Waals surface area (Å²) in [6.07, 6.45) is 4.66. The van der Waals surface area contributed by atoms with Crippen molar-refractivity contribution >= 4 is 11.8 Å². The Morgan fingerprint density at radius 1 is 1.03 bits per heavy atom. The minimum atomic E-state index is -0.168. The van der Waals surface area contributed by atoms with E-state index in [0.29, 0.717) is 43.7 Å². The predicted molar refractivity (Wildman–Crippen MR) is 113 cm³/mol. The van der Waals surface area contributed by atoms with Crippen LogP contribution in [0.2, 0.25) is 0 Å². The smallest absolute Gasteiger partial charge is 0.289 e. The van der Waals surface area contributed by atoms with E-state index >= 15 is 0 Å². The van der Waals surface area contributed by atoms with Gasteiger partial charge in [0.25, 0.3) is 11.8 Å². The average Bonchev–Trinajstić information content (AvgIpc) is 3.31. The van der Waals surface area contributed by atoms with Gasteiger partial charge < -0.3 is 13.9 Å². The van der Waals surface area contributed by atoms with Gasteiger partial charge in [0.2, 0.25) is 0 Å². The Morgan fingerprint density at radius 2 is 1.80 bits per heavy atom. The predicted octanol–water partition coefficient (Wildman–Crippen LogP) is 3.42. The van der Waals surface area contributed by atoms with E-state index < -0.39 is 0 Å². The van der Waals surface area contributed by atoms with E-state index in [9.17, 15) is 9.59 Å². The van der Waals surface area contributed by atoms with Gasteiger partial charge in [-0.05, 0) is 49.6 Å². The molecule has 3 heterocycles. The van der Waals surface area contributed by atoms with E-state index in [2.05, 4.69) is 36.2 Å².